The van der Waals surface area contributed by atoms with Crippen LogP contribution in [0.2, 0.25) is 0 Å². The number of nitrogens with one attached hydrogen (secondary N) is 1. The first-order chi connectivity index (χ1) is 11.3. The van der Waals surface area contributed by atoms with Gasteiger partial charge in [-0.2, -0.15) is 13.2 Å². The van der Waals surface area contributed by atoms with E-state index in [1.54, 1.807) is 0 Å². The van der Waals surface area contributed by atoms with Gasteiger partial charge in [0.1, 0.15) is 0 Å². The predicted octanol–water partition coefficient (Wildman–Crippen LogP) is 3.39. The fourth-order valence-corrected chi connectivity index (χ4v) is 2.88. The number of guanidine groups is 1. The van der Waals surface area contributed by atoms with Gasteiger partial charge in [0.15, 0.2) is 5.96 Å². The van der Waals surface area contributed by atoms with E-state index in [0.29, 0.717) is 31.5 Å². The van der Waals surface area contributed by atoms with E-state index in [2.05, 4.69) is 10.3 Å². The van der Waals surface area contributed by atoms with Gasteiger partial charge in [0.05, 0.1) is 6.54 Å². The first-order valence-corrected chi connectivity index (χ1v) is 8.24. The fraction of sp³-hybridized carbons (Fsp3) is 0.588. The van der Waals surface area contributed by atoms with Crippen LogP contribution in [0.25, 0.3) is 0 Å². The van der Waals surface area contributed by atoms with Gasteiger partial charge in [0.2, 0.25) is 0 Å². The molecule has 0 aromatic heterocycles. The summed E-state index contributed by atoms with van der Waals surface area (Å²) in [6.07, 6.45) is -1.67. The van der Waals surface area contributed by atoms with Crippen molar-refractivity contribution in [2.75, 3.05) is 31.5 Å². The van der Waals surface area contributed by atoms with E-state index in [-0.39, 0.29) is 0 Å². The van der Waals surface area contributed by atoms with Gasteiger partial charge < -0.3 is 11.1 Å². The summed E-state index contributed by atoms with van der Waals surface area (Å²) < 4.78 is 37.0. The lowest BCUT2D eigenvalue weighted by Gasteiger charge is -2.32. The number of anilines is 1. The van der Waals surface area contributed by atoms with Crippen LogP contribution >= 0.6 is 0 Å². The average Bonchev–Trinajstić information content (AvgIpc) is 2.50. The highest BCUT2D eigenvalue weighted by molar-refractivity contribution is 5.92. The lowest BCUT2D eigenvalue weighted by Crippen LogP contribution is -2.40. The molecular formula is C17H25F3N4. The normalized spacial score (nSPS) is 17.9. The van der Waals surface area contributed by atoms with Crippen LogP contribution < -0.4 is 11.1 Å². The summed E-state index contributed by atoms with van der Waals surface area (Å²) in [7, 11) is 0. The van der Waals surface area contributed by atoms with Gasteiger partial charge in [-0.05, 0) is 57.3 Å². The van der Waals surface area contributed by atoms with Crippen LogP contribution in [0.15, 0.2) is 29.3 Å². The summed E-state index contributed by atoms with van der Waals surface area (Å²) in [5.74, 6) is 0.791. The van der Waals surface area contributed by atoms with E-state index in [0.717, 1.165) is 24.9 Å². The number of hydrogen-bond donors (Lipinski definition) is 2. The Labute approximate surface area is 140 Å². The van der Waals surface area contributed by atoms with Crippen LogP contribution in [-0.2, 0) is 0 Å². The van der Waals surface area contributed by atoms with Crippen molar-refractivity contribution in [2.24, 2.45) is 16.6 Å². The maximum atomic E-state index is 12.3. The Morgan fingerprint density at radius 1 is 1.25 bits per heavy atom. The molecule has 1 aromatic rings. The van der Waals surface area contributed by atoms with Gasteiger partial charge in [-0.1, -0.05) is 17.7 Å². The quantitative estimate of drug-likeness (QED) is 0.637. The van der Waals surface area contributed by atoms with Crippen molar-refractivity contribution in [3.63, 3.8) is 0 Å². The van der Waals surface area contributed by atoms with Crippen molar-refractivity contribution in [3.05, 3.63) is 29.8 Å². The summed E-state index contributed by atoms with van der Waals surface area (Å²) in [5, 5.41) is 3.03. The monoisotopic (exact) mass is 342 g/mol. The molecule has 1 heterocycles. The Hall–Kier alpha value is -1.76. The molecule has 1 saturated heterocycles. The Morgan fingerprint density at radius 2 is 1.88 bits per heavy atom. The van der Waals surface area contributed by atoms with E-state index in [4.69, 9.17) is 5.73 Å². The van der Waals surface area contributed by atoms with Crippen molar-refractivity contribution < 1.29 is 13.2 Å². The lowest BCUT2D eigenvalue weighted by atomic mass is 9.93. The molecule has 0 unspecified atom stereocenters. The summed E-state index contributed by atoms with van der Waals surface area (Å²) in [6, 6.07) is 7.86. The molecule has 24 heavy (non-hydrogen) atoms. The molecule has 0 bridgehead atoms. The molecule has 1 aliphatic heterocycles. The second kappa shape index (κ2) is 8.37. The third kappa shape index (κ3) is 6.78. The second-order valence-electron chi connectivity index (χ2n) is 6.38. The number of hydrogen-bond acceptors (Lipinski definition) is 2. The van der Waals surface area contributed by atoms with Crippen molar-refractivity contribution in [2.45, 2.75) is 32.4 Å². The highest BCUT2D eigenvalue weighted by Gasteiger charge is 2.32. The smallest absolute Gasteiger partial charge is 0.370 e. The zero-order chi connectivity index (χ0) is 17.6. The van der Waals surface area contributed by atoms with Crippen molar-refractivity contribution in [1.82, 2.24) is 4.90 Å². The van der Waals surface area contributed by atoms with Crippen LogP contribution in [0.1, 0.15) is 24.8 Å². The number of rotatable bonds is 5. The highest BCUT2D eigenvalue weighted by atomic mass is 19.4. The number of piperidine rings is 1. The molecule has 4 nitrogen and oxygen atoms in total. The Kier molecular flexibility index (Phi) is 6.48. The van der Waals surface area contributed by atoms with Gasteiger partial charge in [0, 0.05) is 12.2 Å². The molecule has 0 saturated carbocycles. The Bertz CT molecular complexity index is 532. The van der Waals surface area contributed by atoms with Crippen molar-refractivity contribution in [3.8, 4) is 0 Å². The molecule has 134 valence electrons. The number of nitrogens with two attached hydrogens (primary N) is 1. The number of likely N-dealkylation sites (tertiary alicyclic amines) is 1. The van der Waals surface area contributed by atoms with Gasteiger partial charge in [-0.15, -0.1) is 0 Å². The molecule has 0 aliphatic carbocycles. The first kappa shape index (κ1) is 18.6. The molecule has 0 radical (unpaired) electrons. The van der Waals surface area contributed by atoms with E-state index in [1.807, 2.05) is 31.2 Å². The number of benzene rings is 1. The van der Waals surface area contributed by atoms with E-state index >= 15 is 0 Å². The van der Waals surface area contributed by atoms with Crippen molar-refractivity contribution in [1.29, 1.82) is 0 Å². The van der Waals surface area contributed by atoms with Crippen molar-refractivity contribution >= 4 is 11.6 Å². The van der Waals surface area contributed by atoms with Crippen LogP contribution in [0, 0.1) is 12.8 Å². The lowest BCUT2D eigenvalue weighted by molar-refractivity contribution is -0.148. The summed E-state index contributed by atoms with van der Waals surface area (Å²) in [6.45, 7) is 2.82. The number of halogens is 3. The van der Waals surface area contributed by atoms with Crippen LogP contribution in [0.5, 0.6) is 0 Å². The minimum absolute atomic E-state index is 0.369. The Morgan fingerprint density at radius 3 is 2.46 bits per heavy atom. The second-order valence-corrected chi connectivity index (χ2v) is 6.38. The number of aliphatic imine (C=N–C) groups is 1. The minimum atomic E-state index is -4.10. The predicted molar refractivity (Wildman–Crippen MR) is 91.1 cm³/mol. The number of aryl methyl sites for hydroxylation is 1. The highest BCUT2D eigenvalue weighted by Crippen LogP contribution is 2.24. The van der Waals surface area contributed by atoms with E-state index in [1.165, 1.54) is 10.5 Å². The third-order valence-electron chi connectivity index (χ3n) is 4.25. The summed E-state index contributed by atoms with van der Waals surface area (Å²) >= 11 is 0. The van der Waals surface area contributed by atoms with Crippen LogP contribution in [0.3, 0.4) is 0 Å². The fourth-order valence-electron chi connectivity index (χ4n) is 2.88. The van der Waals surface area contributed by atoms with Gasteiger partial charge in [0.25, 0.3) is 0 Å². The van der Waals surface area contributed by atoms with E-state index < -0.39 is 12.7 Å². The number of nitrogens with zero attached hydrogens (tertiary/aromatic N) is 2. The molecule has 3 N–H and O–H groups in total. The first-order valence-electron chi connectivity index (χ1n) is 8.24. The molecule has 0 spiro atoms. The molecule has 1 aliphatic rings. The minimum Gasteiger partial charge on any atom is -0.370 e. The largest absolute Gasteiger partial charge is 0.401 e. The maximum Gasteiger partial charge on any atom is 0.401 e. The molecule has 1 fully saturated rings. The Balaban J connectivity index is 1.67. The van der Waals surface area contributed by atoms with E-state index in [9.17, 15) is 13.2 Å². The molecule has 1 aromatic carbocycles. The van der Waals surface area contributed by atoms with Gasteiger partial charge >= 0.3 is 6.18 Å². The summed E-state index contributed by atoms with van der Waals surface area (Å²) in [5.41, 5.74) is 7.92. The SMILES string of the molecule is Cc1ccc(NC(N)=NCCC2CCN(CC(F)(F)F)CC2)cc1. The molecule has 7 heteroatoms. The van der Waals surface area contributed by atoms with Gasteiger partial charge in [-0.3, -0.25) is 9.89 Å². The molecular weight excluding hydrogens is 317 g/mol. The van der Waals surface area contributed by atoms with Crippen LogP contribution in [0.4, 0.5) is 18.9 Å². The third-order valence-corrected chi connectivity index (χ3v) is 4.25. The van der Waals surface area contributed by atoms with Gasteiger partial charge in [-0.25, -0.2) is 0 Å². The standard InChI is InChI=1S/C17H25F3N4/c1-13-2-4-15(5-3-13)23-16(21)22-9-6-14-7-10-24(11-8-14)12-17(18,19)20/h2-5,14H,6-12H2,1H3,(H3,21,22,23). The zero-order valence-corrected chi connectivity index (χ0v) is 13.9. The zero-order valence-electron chi connectivity index (χ0n) is 13.9. The molecule has 2 rings (SSSR count). The average molecular weight is 342 g/mol. The number of alkyl halides is 3. The summed E-state index contributed by atoms with van der Waals surface area (Å²) in [4.78, 5) is 5.78. The topological polar surface area (TPSA) is 53.6 Å². The molecule has 0 atom stereocenters. The maximum absolute atomic E-state index is 12.3. The molecule has 0 amide bonds. The van der Waals surface area contributed by atoms with Crippen LogP contribution in [-0.4, -0.2) is 43.2 Å².